The van der Waals surface area contributed by atoms with E-state index >= 15 is 0 Å². The lowest BCUT2D eigenvalue weighted by Crippen LogP contribution is -2.40. The summed E-state index contributed by atoms with van der Waals surface area (Å²) in [7, 11) is 0. The highest BCUT2D eigenvalue weighted by atomic mass is 19.1. The lowest BCUT2D eigenvalue weighted by molar-refractivity contribution is -0.119. The Labute approximate surface area is 149 Å². The molecule has 26 heavy (non-hydrogen) atoms. The molecule has 0 radical (unpaired) electrons. The number of carbonyl (C=O) groups is 2. The van der Waals surface area contributed by atoms with Crippen molar-refractivity contribution in [1.82, 2.24) is 0 Å². The first-order valence-electron chi connectivity index (χ1n) is 8.65. The van der Waals surface area contributed by atoms with Gasteiger partial charge in [-0.05, 0) is 48.7 Å². The van der Waals surface area contributed by atoms with E-state index in [0.717, 1.165) is 0 Å². The number of ketones is 1. The first-order valence-corrected chi connectivity index (χ1v) is 8.65. The summed E-state index contributed by atoms with van der Waals surface area (Å²) < 4.78 is 27.6. The highest BCUT2D eigenvalue weighted by Gasteiger charge is 2.40. The van der Waals surface area contributed by atoms with Crippen molar-refractivity contribution in [2.75, 3.05) is 4.90 Å². The summed E-state index contributed by atoms with van der Waals surface area (Å²) in [5, 5.41) is 0. The van der Waals surface area contributed by atoms with E-state index in [1.807, 2.05) is 0 Å². The number of Topliss-reactive ketones (excluding diaryl/α,β-unsaturated/α-hetero) is 1. The van der Waals surface area contributed by atoms with Crippen LogP contribution in [0, 0.1) is 11.6 Å². The van der Waals surface area contributed by atoms with Gasteiger partial charge in [0.25, 0.3) is 0 Å². The fourth-order valence-corrected chi connectivity index (χ4v) is 3.91. The number of benzene rings is 2. The first kappa shape index (κ1) is 16.6. The van der Waals surface area contributed by atoms with Crippen molar-refractivity contribution in [2.45, 2.75) is 31.6 Å². The third-order valence-electron chi connectivity index (χ3n) is 5.04. The highest BCUT2D eigenvalue weighted by molar-refractivity contribution is 6.07. The number of anilines is 1. The fourth-order valence-electron chi connectivity index (χ4n) is 3.91. The van der Waals surface area contributed by atoms with Crippen molar-refractivity contribution in [1.29, 1.82) is 0 Å². The van der Waals surface area contributed by atoms with E-state index in [1.165, 1.54) is 35.2 Å². The molecule has 2 aliphatic rings. The number of nitrogens with zero attached hydrogens (tertiary/aromatic N) is 1. The van der Waals surface area contributed by atoms with E-state index in [2.05, 4.69) is 0 Å². The molecule has 0 fully saturated rings. The molecule has 132 valence electrons. The number of allylic oxidation sites excluding steroid dienone is 2. The van der Waals surface area contributed by atoms with Crippen LogP contribution in [0.5, 0.6) is 0 Å². The van der Waals surface area contributed by atoms with Crippen molar-refractivity contribution in [3.8, 4) is 0 Å². The van der Waals surface area contributed by atoms with Crippen molar-refractivity contribution in [3.63, 3.8) is 0 Å². The Morgan fingerprint density at radius 2 is 1.65 bits per heavy atom. The van der Waals surface area contributed by atoms with Crippen molar-refractivity contribution in [2.24, 2.45) is 0 Å². The second kappa shape index (κ2) is 6.48. The molecule has 0 saturated carbocycles. The zero-order chi connectivity index (χ0) is 18.3. The number of hydrogen-bond acceptors (Lipinski definition) is 2. The maximum absolute atomic E-state index is 14.4. The predicted molar refractivity (Wildman–Crippen MR) is 93.5 cm³/mol. The van der Waals surface area contributed by atoms with Gasteiger partial charge in [-0.1, -0.05) is 18.2 Å². The van der Waals surface area contributed by atoms with Crippen LogP contribution < -0.4 is 4.90 Å². The number of rotatable bonds is 2. The molecule has 1 aliphatic carbocycles. The molecule has 2 aromatic rings. The molecule has 1 amide bonds. The van der Waals surface area contributed by atoms with Gasteiger partial charge in [-0.15, -0.1) is 0 Å². The van der Waals surface area contributed by atoms with Crippen LogP contribution in [0.3, 0.4) is 0 Å². The van der Waals surface area contributed by atoms with Gasteiger partial charge < -0.3 is 0 Å². The van der Waals surface area contributed by atoms with E-state index in [4.69, 9.17) is 0 Å². The molecule has 0 N–H and O–H groups in total. The minimum absolute atomic E-state index is 0.0167. The fraction of sp³-hybridized carbons (Fsp3) is 0.238. The number of carbonyl (C=O) groups excluding carboxylic acids is 2. The summed E-state index contributed by atoms with van der Waals surface area (Å²) in [5.41, 5.74) is 2.05. The van der Waals surface area contributed by atoms with Crippen LogP contribution >= 0.6 is 0 Å². The molecule has 4 rings (SSSR count). The molecular weight excluding hydrogens is 336 g/mol. The molecule has 0 saturated heterocycles. The molecule has 0 bridgehead atoms. The Bertz CT molecular complexity index is 918. The molecule has 1 atom stereocenters. The number of halogens is 2. The number of hydrogen-bond donors (Lipinski definition) is 0. The predicted octanol–water partition coefficient (Wildman–Crippen LogP) is 4.49. The van der Waals surface area contributed by atoms with Gasteiger partial charge in [-0.25, -0.2) is 8.78 Å². The monoisotopic (exact) mass is 353 g/mol. The SMILES string of the molecule is O=C1CCCC2=C1C(c1ccccc1F)CC(=O)N2c1ccc(F)cc1. The van der Waals surface area contributed by atoms with Crippen LogP contribution in [-0.2, 0) is 9.59 Å². The molecule has 2 aromatic carbocycles. The van der Waals surface area contributed by atoms with Crippen LogP contribution in [0.1, 0.15) is 37.2 Å². The second-order valence-electron chi connectivity index (χ2n) is 6.62. The van der Waals surface area contributed by atoms with E-state index < -0.39 is 17.6 Å². The number of amides is 1. The summed E-state index contributed by atoms with van der Waals surface area (Å²) in [6.45, 7) is 0. The van der Waals surface area contributed by atoms with Crippen LogP contribution in [-0.4, -0.2) is 11.7 Å². The Hall–Kier alpha value is -2.82. The topological polar surface area (TPSA) is 37.4 Å². The first-order chi connectivity index (χ1) is 12.6. The molecule has 1 heterocycles. The minimum atomic E-state index is -0.566. The molecule has 1 aliphatic heterocycles. The summed E-state index contributed by atoms with van der Waals surface area (Å²) in [6, 6.07) is 11.9. The van der Waals surface area contributed by atoms with Gasteiger partial charge in [0.05, 0.1) is 0 Å². The zero-order valence-corrected chi connectivity index (χ0v) is 14.0. The summed E-state index contributed by atoms with van der Waals surface area (Å²) >= 11 is 0. The summed E-state index contributed by atoms with van der Waals surface area (Å²) in [5.74, 6) is -1.62. The third-order valence-corrected chi connectivity index (χ3v) is 5.04. The van der Waals surface area contributed by atoms with E-state index in [1.54, 1.807) is 18.2 Å². The van der Waals surface area contributed by atoms with E-state index in [0.29, 0.717) is 41.8 Å². The van der Waals surface area contributed by atoms with Crippen LogP contribution in [0.25, 0.3) is 0 Å². The van der Waals surface area contributed by atoms with E-state index in [-0.39, 0.29) is 18.1 Å². The largest absolute Gasteiger partial charge is 0.294 e. The Morgan fingerprint density at radius 3 is 2.38 bits per heavy atom. The van der Waals surface area contributed by atoms with Crippen molar-refractivity contribution >= 4 is 17.4 Å². The Morgan fingerprint density at radius 1 is 0.923 bits per heavy atom. The van der Waals surface area contributed by atoms with Gasteiger partial charge in [0.2, 0.25) is 5.91 Å². The van der Waals surface area contributed by atoms with Crippen LogP contribution in [0.15, 0.2) is 59.8 Å². The van der Waals surface area contributed by atoms with Gasteiger partial charge in [0.15, 0.2) is 5.78 Å². The third kappa shape index (κ3) is 2.73. The maximum Gasteiger partial charge on any atom is 0.232 e. The van der Waals surface area contributed by atoms with Gasteiger partial charge in [0, 0.05) is 35.7 Å². The minimum Gasteiger partial charge on any atom is -0.294 e. The quantitative estimate of drug-likeness (QED) is 0.798. The second-order valence-corrected chi connectivity index (χ2v) is 6.62. The van der Waals surface area contributed by atoms with Crippen molar-refractivity contribution < 1.29 is 18.4 Å². The Kier molecular flexibility index (Phi) is 4.15. The van der Waals surface area contributed by atoms with Gasteiger partial charge in [-0.3, -0.25) is 14.5 Å². The zero-order valence-electron chi connectivity index (χ0n) is 14.0. The average Bonchev–Trinajstić information content (AvgIpc) is 2.63. The lowest BCUT2D eigenvalue weighted by atomic mass is 9.77. The summed E-state index contributed by atoms with van der Waals surface area (Å²) in [4.78, 5) is 27.1. The molecule has 0 aromatic heterocycles. The molecular formula is C21H17F2NO2. The molecule has 0 spiro atoms. The molecule has 1 unspecified atom stereocenters. The standard InChI is InChI=1S/C21H17F2NO2/c22-13-8-10-14(11-9-13)24-18-6-3-7-19(25)21(18)16(12-20(24)26)15-4-1-2-5-17(15)23/h1-2,4-5,8-11,16H,3,6-7,12H2. The van der Waals surface area contributed by atoms with Crippen molar-refractivity contribution in [3.05, 3.63) is 77.0 Å². The van der Waals surface area contributed by atoms with Crippen LogP contribution in [0.4, 0.5) is 14.5 Å². The smallest absolute Gasteiger partial charge is 0.232 e. The highest BCUT2D eigenvalue weighted by Crippen LogP contribution is 2.43. The molecule has 5 heteroatoms. The van der Waals surface area contributed by atoms with Gasteiger partial charge in [0.1, 0.15) is 11.6 Å². The molecule has 3 nitrogen and oxygen atoms in total. The average molecular weight is 353 g/mol. The maximum atomic E-state index is 14.4. The lowest BCUT2D eigenvalue weighted by Gasteiger charge is -2.38. The normalized spacial score (nSPS) is 20.4. The van der Waals surface area contributed by atoms with Crippen LogP contribution in [0.2, 0.25) is 0 Å². The van der Waals surface area contributed by atoms with E-state index in [9.17, 15) is 18.4 Å². The Balaban J connectivity index is 1.87. The summed E-state index contributed by atoms with van der Waals surface area (Å²) in [6.07, 6.45) is 1.62. The van der Waals surface area contributed by atoms with Gasteiger partial charge in [-0.2, -0.15) is 0 Å². The van der Waals surface area contributed by atoms with Gasteiger partial charge >= 0.3 is 0 Å².